The van der Waals surface area contributed by atoms with Crippen molar-refractivity contribution in [3.8, 4) is 0 Å². The first-order valence-corrected chi connectivity index (χ1v) is 9.61. The van der Waals surface area contributed by atoms with Crippen LogP contribution in [0.25, 0.3) is 5.57 Å². The first-order chi connectivity index (χ1) is 13.4. The number of benzene rings is 1. The molecule has 0 radical (unpaired) electrons. The van der Waals surface area contributed by atoms with Crippen molar-refractivity contribution in [3.63, 3.8) is 0 Å². The summed E-state index contributed by atoms with van der Waals surface area (Å²) in [5, 5.41) is 8.51. The Balaban J connectivity index is 2.22. The quantitative estimate of drug-likeness (QED) is 0.273. The lowest BCUT2D eigenvalue weighted by molar-refractivity contribution is -0.103. The molecule has 1 heterocycles. The number of carbonyl (C=O) groups excluding carboxylic acids is 3. The Morgan fingerprint density at radius 1 is 1.21 bits per heavy atom. The zero-order valence-corrected chi connectivity index (χ0v) is 17.2. The molecule has 1 aromatic carbocycles. The number of thiophene rings is 1. The van der Waals surface area contributed by atoms with Gasteiger partial charge in [0.15, 0.2) is 11.5 Å². The lowest BCUT2D eigenvalue weighted by atomic mass is 10.1. The molecule has 0 atom stereocenters. The Morgan fingerprint density at radius 2 is 1.96 bits per heavy atom. The molecule has 10 heteroatoms. The van der Waals surface area contributed by atoms with Crippen LogP contribution in [0.1, 0.15) is 22.8 Å². The third-order valence-corrected chi connectivity index (χ3v) is 4.82. The number of allylic oxidation sites excluding steroid dienone is 1. The average molecular weight is 443 g/mol. The van der Waals surface area contributed by atoms with Crippen molar-refractivity contribution in [2.75, 3.05) is 24.4 Å². The van der Waals surface area contributed by atoms with Gasteiger partial charge in [0.05, 0.1) is 30.5 Å². The van der Waals surface area contributed by atoms with E-state index in [4.69, 9.17) is 27.9 Å². The van der Waals surface area contributed by atoms with Gasteiger partial charge in [-0.3, -0.25) is 4.79 Å². The number of nitrogens with one attached hydrogen (secondary N) is 2. The van der Waals surface area contributed by atoms with E-state index in [-0.39, 0.29) is 28.0 Å². The van der Waals surface area contributed by atoms with Gasteiger partial charge in [0.2, 0.25) is 0 Å². The maximum atomic E-state index is 12.3. The van der Waals surface area contributed by atoms with Crippen molar-refractivity contribution in [2.45, 2.75) is 6.92 Å². The highest BCUT2D eigenvalue weighted by atomic mass is 35.5. The molecule has 28 heavy (non-hydrogen) atoms. The number of carbonyl (C=O) groups is 3. The Labute approximate surface area is 175 Å². The molecule has 2 N–H and O–H groups in total. The molecule has 7 nitrogen and oxygen atoms in total. The van der Waals surface area contributed by atoms with Gasteiger partial charge in [-0.05, 0) is 36.7 Å². The van der Waals surface area contributed by atoms with Gasteiger partial charge in [-0.25, -0.2) is 9.59 Å². The van der Waals surface area contributed by atoms with Crippen molar-refractivity contribution in [3.05, 3.63) is 50.3 Å². The van der Waals surface area contributed by atoms with E-state index in [9.17, 15) is 14.4 Å². The molecule has 0 aliphatic carbocycles. The van der Waals surface area contributed by atoms with E-state index in [0.717, 1.165) is 0 Å². The van der Waals surface area contributed by atoms with Crippen molar-refractivity contribution in [1.29, 1.82) is 0 Å². The van der Waals surface area contributed by atoms with Gasteiger partial charge in [0.1, 0.15) is 0 Å². The number of hydrogen-bond acceptors (Lipinski definition) is 6. The van der Waals surface area contributed by atoms with Crippen LogP contribution >= 0.6 is 34.5 Å². The van der Waals surface area contributed by atoms with E-state index < -0.39 is 12.0 Å². The van der Waals surface area contributed by atoms with Gasteiger partial charge in [-0.1, -0.05) is 11.6 Å². The van der Waals surface area contributed by atoms with E-state index in [0.29, 0.717) is 23.2 Å². The smallest absolute Gasteiger partial charge is 0.340 e. The SMILES string of the molecule is CCOC(Cl)=C(C=O)c1cc(NC(=O)Nc2cscc2C(=O)OC)ccc1Cl. The average Bonchev–Trinajstić information content (AvgIpc) is 3.12. The zero-order valence-electron chi connectivity index (χ0n) is 14.9. The maximum absolute atomic E-state index is 12.3. The second kappa shape index (κ2) is 10.1. The third-order valence-electron chi connectivity index (χ3n) is 3.43. The highest BCUT2D eigenvalue weighted by Gasteiger charge is 2.16. The van der Waals surface area contributed by atoms with Crippen LogP contribution in [0.15, 0.2) is 34.2 Å². The Morgan fingerprint density at radius 3 is 2.61 bits per heavy atom. The molecule has 0 saturated carbocycles. The maximum Gasteiger partial charge on any atom is 0.340 e. The van der Waals surface area contributed by atoms with Gasteiger partial charge < -0.3 is 20.1 Å². The number of esters is 1. The van der Waals surface area contributed by atoms with E-state index >= 15 is 0 Å². The number of methoxy groups -OCH3 is 1. The molecule has 2 rings (SSSR count). The van der Waals surface area contributed by atoms with Crippen LogP contribution in [-0.4, -0.2) is 32.0 Å². The summed E-state index contributed by atoms with van der Waals surface area (Å²) in [6.45, 7) is 2.00. The fourth-order valence-electron chi connectivity index (χ4n) is 2.18. The molecule has 1 aromatic heterocycles. The van der Waals surface area contributed by atoms with Crippen LogP contribution in [0, 0.1) is 0 Å². The van der Waals surface area contributed by atoms with Gasteiger partial charge in [-0.2, -0.15) is 0 Å². The highest BCUT2D eigenvalue weighted by molar-refractivity contribution is 7.08. The van der Waals surface area contributed by atoms with Crippen LogP contribution in [-0.2, 0) is 14.3 Å². The molecule has 0 bridgehead atoms. The second-order valence-electron chi connectivity index (χ2n) is 5.20. The summed E-state index contributed by atoms with van der Waals surface area (Å²) < 4.78 is 9.82. The minimum Gasteiger partial charge on any atom is -0.483 e. The summed E-state index contributed by atoms with van der Waals surface area (Å²) >= 11 is 13.4. The van der Waals surface area contributed by atoms with Crippen molar-refractivity contribution >= 4 is 69.8 Å². The normalized spacial score (nSPS) is 11.3. The molecular weight excluding hydrogens is 427 g/mol. The van der Waals surface area contributed by atoms with Crippen molar-refractivity contribution in [1.82, 2.24) is 0 Å². The Hall–Kier alpha value is -2.55. The molecule has 0 aliphatic rings. The highest BCUT2D eigenvalue weighted by Crippen LogP contribution is 2.30. The predicted octanol–water partition coefficient (Wildman–Crippen LogP) is 4.97. The monoisotopic (exact) mass is 442 g/mol. The van der Waals surface area contributed by atoms with Crippen LogP contribution in [0.2, 0.25) is 5.02 Å². The molecule has 0 spiro atoms. The second-order valence-corrected chi connectivity index (χ2v) is 6.70. The van der Waals surface area contributed by atoms with Crippen LogP contribution in [0.5, 0.6) is 0 Å². The van der Waals surface area contributed by atoms with Crippen LogP contribution < -0.4 is 10.6 Å². The van der Waals surface area contributed by atoms with Crippen molar-refractivity contribution < 1.29 is 23.9 Å². The fourth-order valence-corrected chi connectivity index (χ4v) is 3.40. The van der Waals surface area contributed by atoms with Crippen LogP contribution in [0.4, 0.5) is 16.2 Å². The number of ether oxygens (including phenoxy) is 2. The number of amides is 2. The van der Waals surface area contributed by atoms with E-state index in [1.807, 2.05) is 0 Å². The van der Waals surface area contributed by atoms with Crippen LogP contribution in [0.3, 0.4) is 0 Å². The van der Waals surface area contributed by atoms with Gasteiger partial charge in [0.25, 0.3) is 0 Å². The minimum absolute atomic E-state index is 0.0587. The summed E-state index contributed by atoms with van der Waals surface area (Å²) in [5.41, 5.74) is 1.28. The number of halogens is 2. The van der Waals surface area contributed by atoms with Gasteiger partial charge in [0, 0.05) is 27.0 Å². The number of urea groups is 1. The number of aldehydes is 1. The standard InChI is InChI=1S/C18H16Cl2N2O5S/c1-3-27-16(20)12(7-23)11-6-10(4-5-14(11)19)21-18(25)22-15-9-28-8-13(15)17(24)26-2/h4-9H,3H2,1-2H3,(H2,21,22,25). The lowest BCUT2D eigenvalue weighted by Crippen LogP contribution is -2.20. The topological polar surface area (TPSA) is 93.7 Å². The van der Waals surface area contributed by atoms with Gasteiger partial charge in [-0.15, -0.1) is 11.3 Å². The zero-order chi connectivity index (χ0) is 20.7. The molecule has 0 fully saturated rings. The first-order valence-electron chi connectivity index (χ1n) is 7.91. The summed E-state index contributed by atoms with van der Waals surface area (Å²) in [4.78, 5) is 35.4. The van der Waals surface area contributed by atoms with E-state index in [1.54, 1.807) is 23.8 Å². The number of hydrogen-bond donors (Lipinski definition) is 2. The Bertz CT molecular complexity index is 926. The molecule has 2 amide bonds. The predicted molar refractivity (Wildman–Crippen MR) is 110 cm³/mol. The van der Waals surface area contributed by atoms with Gasteiger partial charge >= 0.3 is 12.0 Å². The molecule has 2 aromatic rings. The molecule has 0 saturated heterocycles. The van der Waals surface area contributed by atoms with Crippen molar-refractivity contribution in [2.24, 2.45) is 0 Å². The fraction of sp³-hybridized carbons (Fsp3) is 0.167. The molecule has 0 aliphatic heterocycles. The van der Waals surface area contributed by atoms with E-state index in [2.05, 4.69) is 15.4 Å². The molecule has 148 valence electrons. The van der Waals surface area contributed by atoms with E-state index in [1.165, 1.54) is 30.6 Å². The molecule has 0 unspecified atom stereocenters. The number of rotatable bonds is 7. The molecular formula is C18H16Cl2N2O5S. The summed E-state index contributed by atoms with van der Waals surface area (Å²) in [7, 11) is 1.25. The first kappa shape index (κ1) is 21.7. The summed E-state index contributed by atoms with van der Waals surface area (Å²) in [6.07, 6.45) is 0.525. The lowest BCUT2D eigenvalue weighted by Gasteiger charge is -2.12. The minimum atomic E-state index is -0.593. The summed E-state index contributed by atoms with van der Waals surface area (Å²) in [6, 6.07) is 3.96. The largest absolute Gasteiger partial charge is 0.483 e. The number of anilines is 2. The third kappa shape index (κ3) is 5.25. The summed E-state index contributed by atoms with van der Waals surface area (Å²) in [5.74, 6) is -0.559. The Kier molecular flexibility index (Phi) is 7.86.